The molecule has 0 atom stereocenters. The van der Waals surface area contributed by atoms with E-state index in [2.05, 4.69) is 10.6 Å². The summed E-state index contributed by atoms with van der Waals surface area (Å²) in [5.41, 5.74) is 4.04. The lowest BCUT2D eigenvalue weighted by atomic mass is 9.95. The summed E-state index contributed by atoms with van der Waals surface area (Å²) in [4.78, 5) is 24.9. The minimum atomic E-state index is -0.264. The van der Waals surface area contributed by atoms with E-state index in [0.717, 1.165) is 16.7 Å². The molecule has 6 heteroatoms. The van der Waals surface area contributed by atoms with Crippen LogP contribution in [-0.4, -0.2) is 11.8 Å². The number of anilines is 1. The number of fused-ring (bicyclic) bond motifs is 1. The molecule has 0 saturated heterocycles. The van der Waals surface area contributed by atoms with Gasteiger partial charge in [-0.05, 0) is 47.0 Å². The molecule has 0 radical (unpaired) electrons. The van der Waals surface area contributed by atoms with Crippen molar-refractivity contribution >= 4 is 40.7 Å². The number of amides is 2. The van der Waals surface area contributed by atoms with Crippen molar-refractivity contribution in [2.75, 3.05) is 5.32 Å². The SMILES string of the molecule is O=C(Nc1ccc(-c2ccc(Cl)c(Cl)c2)c2c1C(=O)NC2)c1ccccc1. The zero-order valence-electron chi connectivity index (χ0n) is 14.1. The Kier molecular flexibility index (Phi) is 4.60. The van der Waals surface area contributed by atoms with Crippen molar-refractivity contribution < 1.29 is 9.59 Å². The maximum Gasteiger partial charge on any atom is 0.255 e. The van der Waals surface area contributed by atoms with Crippen molar-refractivity contribution in [3.05, 3.63) is 87.4 Å². The largest absolute Gasteiger partial charge is 0.348 e. The summed E-state index contributed by atoms with van der Waals surface area (Å²) in [6, 6.07) is 17.8. The average molecular weight is 397 g/mol. The molecule has 3 aromatic rings. The maximum absolute atomic E-state index is 12.5. The van der Waals surface area contributed by atoms with Crippen LogP contribution in [0, 0.1) is 0 Å². The highest BCUT2D eigenvalue weighted by Gasteiger charge is 2.27. The lowest BCUT2D eigenvalue weighted by Gasteiger charge is -2.13. The van der Waals surface area contributed by atoms with Gasteiger partial charge in [0.1, 0.15) is 0 Å². The van der Waals surface area contributed by atoms with Crippen molar-refractivity contribution in [1.82, 2.24) is 5.32 Å². The molecule has 1 aliphatic heterocycles. The molecule has 4 nitrogen and oxygen atoms in total. The monoisotopic (exact) mass is 396 g/mol. The van der Waals surface area contributed by atoms with Gasteiger partial charge in [-0.25, -0.2) is 0 Å². The van der Waals surface area contributed by atoms with Gasteiger partial charge in [0.25, 0.3) is 11.8 Å². The van der Waals surface area contributed by atoms with Crippen LogP contribution < -0.4 is 10.6 Å². The molecule has 0 aliphatic carbocycles. The second kappa shape index (κ2) is 7.06. The van der Waals surface area contributed by atoms with Gasteiger partial charge < -0.3 is 10.6 Å². The number of carbonyl (C=O) groups excluding carboxylic acids is 2. The highest BCUT2D eigenvalue weighted by molar-refractivity contribution is 6.42. The third-order valence-electron chi connectivity index (χ3n) is 4.48. The molecule has 1 aliphatic rings. The molecule has 2 amide bonds. The number of hydrogen-bond donors (Lipinski definition) is 2. The second-order valence-corrected chi connectivity index (χ2v) is 6.96. The lowest BCUT2D eigenvalue weighted by molar-refractivity contribution is 0.0966. The van der Waals surface area contributed by atoms with E-state index in [9.17, 15) is 9.59 Å². The molecule has 0 bridgehead atoms. The normalized spacial score (nSPS) is 12.4. The molecule has 27 heavy (non-hydrogen) atoms. The van der Waals surface area contributed by atoms with Crippen molar-refractivity contribution in [1.29, 1.82) is 0 Å². The lowest BCUT2D eigenvalue weighted by Crippen LogP contribution is -2.17. The van der Waals surface area contributed by atoms with E-state index in [0.29, 0.717) is 33.4 Å². The van der Waals surface area contributed by atoms with Gasteiger partial charge in [-0.2, -0.15) is 0 Å². The molecule has 3 aromatic carbocycles. The topological polar surface area (TPSA) is 58.2 Å². The third-order valence-corrected chi connectivity index (χ3v) is 5.22. The Hall–Kier alpha value is -2.82. The molecule has 0 unspecified atom stereocenters. The zero-order valence-corrected chi connectivity index (χ0v) is 15.6. The molecular weight excluding hydrogens is 383 g/mol. The van der Waals surface area contributed by atoms with E-state index in [-0.39, 0.29) is 11.8 Å². The first-order chi connectivity index (χ1) is 13.0. The van der Waals surface area contributed by atoms with Crippen LogP contribution in [0.2, 0.25) is 10.0 Å². The number of nitrogens with one attached hydrogen (secondary N) is 2. The molecule has 2 N–H and O–H groups in total. The molecule has 0 aromatic heterocycles. The number of benzene rings is 3. The van der Waals surface area contributed by atoms with Crippen LogP contribution in [0.3, 0.4) is 0 Å². The summed E-state index contributed by atoms with van der Waals surface area (Å²) in [5.74, 6) is -0.477. The van der Waals surface area contributed by atoms with Gasteiger partial charge in [-0.3, -0.25) is 9.59 Å². The summed E-state index contributed by atoms with van der Waals surface area (Å²) in [7, 11) is 0. The van der Waals surface area contributed by atoms with Crippen LogP contribution in [0.4, 0.5) is 5.69 Å². The Balaban J connectivity index is 1.75. The van der Waals surface area contributed by atoms with Gasteiger partial charge >= 0.3 is 0 Å². The predicted octanol–water partition coefficient (Wildman–Crippen LogP) is 5.16. The average Bonchev–Trinajstić information content (AvgIpc) is 3.07. The first-order valence-corrected chi connectivity index (χ1v) is 9.06. The van der Waals surface area contributed by atoms with Gasteiger partial charge in [0, 0.05) is 12.1 Å². The minimum Gasteiger partial charge on any atom is -0.348 e. The van der Waals surface area contributed by atoms with E-state index < -0.39 is 0 Å². The van der Waals surface area contributed by atoms with Crippen LogP contribution in [0.5, 0.6) is 0 Å². The van der Waals surface area contributed by atoms with Gasteiger partial charge in [0.15, 0.2) is 0 Å². The molecule has 1 heterocycles. The van der Waals surface area contributed by atoms with Crippen LogP contribution in [0.15, 0.2) is 60.7 Å². The number of hydrogen-bond acceptors (Lipinski definition) is 2. The number of carbonyl (C=O) groups is 2. The summed E-state index contributed by atoms with van der Waals surface area (Å²) < 4.78 is 0. The van der Waals surface area contributed by atoms with Crippen LogP contribution in [0.25, 0.3) is 11.1 Å². The minimum absolute atomic E-state index is 0.213. The fourth-order valence-corrected chi connectivity index (χ4v) is 3.47. The summed E-state index contributed by atoms with van der Waals surface area (Å²) in [6.07, 6.45) is 0. The Morgan fingerprint density at radius 1 is 0.963 bits per heavy atom. The third kappa shape index (κ3) is 3.29. The quantitative estimate of drug-likeness (QED) is 0.642. The fraction of sp³-hybridized carbons (Fsp3) is 0.0476. The van der Waals surface area contributed by atoms with Crippen molar-refractivity contribution in [2.45, 2.75) is 6.54 Å². The summed E-state index contributed by atoms with van der Waals surface area (Å²) >= 11 is 12.1. The summed E-state index contributed by atoms with van der Waals surface area (Å²) in [6.45, 7) is 0.388. The second-order valence-electron chi connectivity index (χ2n) is 6.15. The molecule has 134 valence electrons. The molecular formula is C21H14Cl2N2O2. The number of rotatable bonds is 3. The van der Waals surface area contributed by atoms with Crippen LogP contribution >= 0.6 is 23.2 Å². The fourth-order valence-electron chi connectivity index (χ4n) is 3.17. The van der Waals surface area contributed by atoms with E-state index >= 15 is 0 Å². The van der Waals surface area contributed by atoms with E-state index in [4.69, 9.17) is 23.2 Å². The summed E-state index contributed by atoms with van der Waals surface area (Å²) in [5, 5.41) is 6.58. The smallest absolute Gasteiger partial charge is 0.255 e. The van der Waals surface area contributed by atoms with E-state index in [1.807, 2.05) is 18.2 Å². The van der Waals surface area contributed by atoms with E-state index in [1.165, 1.54) is 0 Å². The van der Waals surface area contributed by atoms with Crippen molar-refractivity contribution in [3.8, 4) is 11.1 Å². The van der Waals surface area contributed by atoms with Gasteiger partial charge in [-0.15, -0.1) is 0 Å². The highest BCUT2D eigenvalue weighted by Crippen LogP contribution is 2.36. The number of halogens is 2. The van der Waals surface area contributed by atoms with Gasteiger partial charge in [0.05, 0.1) is 21.3 Å². The first-order valence-electron chi connectivity index (χ1n) is 8.30. The first kappa shape index (κ1) is 17.6. The zero-order chi connectivity index (χ0) is 19.0. The standard InChI is InChI=1S/C21H14Cl2N2O2/c22-16-8-6-13(10-17(16)23)14-7-9-18(19-15(14)11-24-21(19)27)25-20(26)12-4-2-1-3-5-12/h1-10H,11H2,(H,24,27)(H,25,26). The highest BCUT2D eigenvalue weighted by atomic mass is 35.5. The Morgan fingerprint density at radius 2 is 1.74 bits per heavy atom. The Bertz CT molecular complexity index is 1070. The molecule has 4 rings (SSSR count). The van der Waals surface area contributed by atoms with Crippen LogP contribution in [-0.2, 0) is 6.54 Å². The molecule has 0 fully saturated rings. The van der Waals surface area contributed by atoms with Gasteiger partial charge in [-0.1, -0.05) is 53.5 Å². The predicted molar refractivity (Wildman–Crippen MR) is 107 cm³/mol. The maximum atomic E-state index is 12.5. The molecule has 0 spiro atoms. The molecule has 0 saturated carbocycles. The Morgan fingerprint density at radius 3 is 2.48 bits per heavy atom. The van der Waals surface area contributed by atoms with Crippen molar-refractivity contribution in [3.63, 3.8) is 0 Å². The Labute approximate surface area is 166 Å². The van der Waals surface area contributed by atoms with Crippen LogP contribution in [0.1, 0.15) is 26.3 Å². The van der Waals surface area contributed by atoms with E-state index in [1.54, 1.807) is 42.5 Å². The van der Waals surface area contributed by atoms with Crippen molar-refractivity contribution in [2.24, 2.45) is 0 Å². The van der Waals surface area contributed by atoms with Gasteiger partial charge in [0.2, 0.25) is 0 Å².